The van der Waals surface area contributed by atoms with E-state index in [2.05, 4.69) is 9.72 Å². The predicted molar refractivity (Wildman–Crippen MR) is 71.6 cm³/mol. The van der Waals surface area contributed by atoms with Crippen LogP contribution in [0, 0.1) is 5.82 Å². The Morgan fingerprint density at radius 2 is 1.90 bits per heavy atom. The number of rotatable bonds is 3. The maximum atomic E-state index is 13.2. The standard InChI is InChI=1S/C14H8F3NOS/c15-8-5-6-9(11(7-8)19-14(16)17)13-18-10-3-1-2-4-12(10)20-13/h1-7,14H. The number of aromatic nitrogens is 1. The Balaban J connectivity index is 2.12. The van der Waals surface area contributed by atoms with Crippen LogP contribution in [0.2, 0.25) is 0 Å². The highest BCUT2D eigenvalue weighted by Crippen LogP contribution is 2.36. The SMILES string of the molecule is Fc1ccc(-c2nc3ccccc3s2)c(OC(F)F)c1. The summed E-state index contributed by atoms with van der Waals surface area (Å²) in [5.41, 5.74) is 1.12. The fourth-order valence-corrected chi connectivity index (χ4v) is 2.85. The summed E-state index contributed by atoms with van der Waals surface area (Å²) < 4.78 is 43.3. The zero-order chi connectivity index (χ0) is 14.1. The molecule has 6 heteroatoms. The molecule has 1 heterocycles. The first-order valence-electron chi connectivity index (χ1n) is 5.74. The van der Waals surface area contributed by atoms with E-state index in [0.29, 0.717) is 10.6 Å². The van der Waals surface area contributed by atoms with E-state index in [1.165, 1.54) is 23.5 Å². The summed E-state index contributed by atoms with van der Waals surface area (Å²) in [6.07, 6.45) is 0. The lowest BCUT2D eigenvalue weighted by Gasteiger charge is -2.08. The molecule has 0 radical (unpaired) electrons. The fourth-order valence-electron chi connectivity index (χ4n) is 1.85. The fraction of sp³-hybridized carbons (Fsp3) is 0.0714. The molecule has 1 aromatic heterocycles. The van der Waals surface area contributed by atoms with Crippen molar-refractivity contribution in [2.75, 3.05) is 0 Å². The first-order chi connectivity index (χ1) is 9.63. The molecule has 20 heavy (non-hydrogen) atoms. The summed E-state index contributed by atoms with van der Waals surface area (Å²) in [4.78, 5) is 4.35. The highest BCUT2D eigenvalue weighted by molar-refractivity contribution is 7.21. The molecule has 0 fully saturated rings. The maximum absolute atomic E-state index is 13.2. The van der Waals surface area contributed by atoms with Crippen molar-refractivity contribution in [2.45, 2.75) is 6.61 Å². The number of hydrogen-bond donors (Lipinski definition) is 0. The number of para-hydroxylation sites is 1. The largest absolute Gasteiger partial charge is 0.434 e. The molecule has 0 bridgehead atoms. The first kappa shape index (κ1) is 12.9. The van der Waals surface area contributed by atoms with Crippen LogP contribution in [0.15, 0.2) is 42.5 Å². The topological polar surface area (TPSA) is 22.1 Å². The van der Waals surface area contributed by atoms with Gasteiger partial charge in [0.2, 0.25) is 0 Å². The van der Waals surface area contributed by atoms with E-state index in [9.17, 15) is 13.2 Å². The average Bonchev–Trinajstić information content (AvgIpc) is 2.81. The van der Waals surface area contributed by atoms with Gasteiger partial charge in [0, 0.05) is 6.07 Å². The molecule has 0 amide bonds. The Hall–Kier alpha value is -2.08. The molecule has 2 nitrogen and oxygen atoms in total. The third-order valence-corrected chi connectivity index (χ3v) is 3.75. The predicted octanol–water partition coefficient (Wildman–Crippen LogP) is 4.70. The highest BCUT2D eigenvalue weighted by Gasteiger charge is 2.15. The van der Waals surface area contributed by atoms with Crippen molar-refractivity contribution in [1.29, 1.82) is 0 Å². The van der Waals surface area contributed by atoms with Crippen LogP contribution in [0.25, 0.3) is 20.8 Å². The minimum Gasteiger partial charge on any atom is -0.434 e. The number of hydrogen-bond acceptors (Lipinski definition) is 3. The van der Waals surface area contributed by atoms with Gasteiger partial charge in [0.1, 0.15) is 16.6 Å². The molecule has 0 atom stereocenters. The van der Waals surface area contributed by atoms with Gasteiger partial charge in [-0.15, -0.1) is 11.3 Å². The minimum absolute atomic E-state index is 0.209. The molecule has 0 unspecified atom stereocenters. The maximum Gasteiger partial charge on any atom is 0.387 e. The summed E-state index contributed by atoms with van der Waals surface area (Å²) in [5.74, 6) is -0.843. The summed E-state index contributed by atoms with van der Waals surface area (Å²) in [6, 6.07) is 10.9. The van der Waals surface area contributed by atoms with Crippen molar-refractivity contribution in [3.05, 3.63) is 48.3 Å². The van der Waals surface area contributed by atoms with Gasteiger partial charge in [0.05, 0.1) is 15.8 Å². The smallest absolute Gasteiger partial charge is 0.387 e. The average molecular weight is 295 g/mol. The van der Waals surface area contributed by atoms with E-state index < -0.39 is 12.4 Å². The highest BCUT2D eigenvalue weighted by atomic mass is 32.1. The van der Waals surface area contributed by atoms with Crippen molar-refractivity contribution in [3.8, 4) is 16.3 Å². The molecule has 0 spiro atoms. The van der Waals surface area contributed by atoms with Crippen LogP contribution in [0.5, 0.6) is 5.75 Å². The van der Waals surface area contributed by atoms with Crippen molar-refractivity contribution in [1.82, 2.24) is 4.98 Å². The normalized spacial score (nSPS) is 11.2. The lowest BCUT2D eigenvalue weighted by atomic mass is 10.2. The van der Waals surface area contributed by atoms with Crippen LogP contribution >= 0.6 is 11.3 Å². The van der Waals surface area contributed by atoms with Gasteiger partial charge in [-0.1, -0.05) is 12.1 Å². The second-order valence-corrected chi connectivity index (χ2v) is 5.04. The van der Waals surface area contributed by atoms with E-state index in [1.54, 1.807) is 0 Å². The summed E-state index contributed by atoms with van der Waals surface area (Å²) in [6.45, 7) is -3.01. The van der Waals surface area contributed by atoms with Gasteiger partial charge in [0.15, 0.2) is 0 Å². The Labute approximate surface area is 116 Å². The molecule has 0 aliphatic carbocycles. The number of fused-ring (bicyclic) bond motifs is 1. The van der Waals surface area contributed by atoms with Crippen LogP contribution < -0.4 is 4.74 Å². The van der Waals surface area contributed by atoms with Crippen molar-refractivity contribution in [2.24, 2.45) is 0 Å². The van der Waals surface area contributed by atoms with Gasteiger partial charge < -0.3 is 4.74 Å². The zero-order valence-electron chi connectivity index (χ0n) is 10.0. The van der Waals surface area contributed by atoms with Gasteiger partial charge >= 0.3 is 6.61 Å². The molecule has 3 aromatic rings. The van der Waals surface area contributed by atoms with E-state index in [-0.39, 0.29) is 5.75 Å². The molecule has 0 aliphatic rings. The van der Waals surface area contributed by atoms with E-state index >= 15 is 0 Å². The van der Waals surface area contributed by atoms with Crippen LogP contribution in [-0.2, 0) is 0 Å². The van der Waals surface area contributed by atoms with Gasteiger partial charge in [-0.25, -0.2) is 9.37 Å². The van der Waals surface area contributed by atoms with Gasteiger partial charge in [-0.2, -0.15) is 8.78 Å². The number of halogens is 3. The van der Waals surface area contributed by atoms with E-state index in [0.717, 1.165) is 16.3 Å². The second-order valence-electron chi connectivity index (χ2n) is 4.01. The van der Waals surface area contributed by atoms with E-state index in [1.807, 2.05) is 24.3 Å². The Kier molecular flexibility index (Phi) is 3.31. The number of alkyl halides is 2. The van der Waals surface area contributed by atoms with Gasteiger partial charge in [-0.3, -0.25) is 0 Å². The zero-order valence-corrected chi connectivity index (χ0v) is 10.8. The Morgan fingerprint density at radius 3 is 2.65 bits per heavy atom. The Bertz CT molecular complexity index is 724. The van der Waals surface area contributed by atoms with Crippen molar-refractivity contribution in [3.63, 3.8) is 0 Å². The molecule has 0 saturated carbocycles. The first-order valence-corrected chi connectivity index (χ1v) is 6.55. The third kappa shape index (κ3) is 2.46. The summed E-state index contributed by atoms with van der Waals surface area (Å²) in [7, 11) is 0. The monoisotopic (exact) mass is 295 g/mol. The van der Waals surface area contributed by atoms with Crippen LogP contribution in [0.1, 0.15) is 0 Å². The quantitative estimate of drug-likeness (QED) is 0.698. The number of nitrogens with zero attached hydrogens (tertiary/aromatic N) is 1. The molecule has 0 aliphatic heterocycles. The van der Waals surface area contributed by atoms with Crippen LogP contribution in [0.4, 0.5) is 13.2 Å². The molecule has 3 rings (SSSR count). The Morgan fingerprint density at radius 1 is 1.10 bits per heavy atom. The van der Waals surface area contributed by atoms with E-state index in [4.69, 9.17) is 0 Å². The van der Waals surface area contributed by atoms with Crippen molar-refractivity contribution >= 4 is 21.6 Å². The molecule has 0 N–H and O–H groups in total. The lowest BCUT2D eigenvalue weighted by Crippen LogP contribution is -2.03. The molecular formula is C14H8F3NOS. The van der Waals surface area contributed by atoms with Crippen LogP contribution in [-0.4, -0.2) is 11.6 Å². The summed E-state index contributed by atoms with van der Waals surface area (Å²) >= 11 is 1.34. The number of thiazole rings is 1. The lowest BCUT2D eigenvalue weighted by molar-refractivity contribution is -0.0495. The molecule has 2 aromatic carbocycles. The van der Waals surface area contributed by atoms with Gasteiger partial charge in [0.25, 0.3) is 0 Å². The number of benzene rings is 2. The molecule has 102 valence electrons. The second kappa shape index (κ2) is 5.13. The van der Waals surface area contributed by atoms with Gasteiger partial charge in [-0.05, 0) is 24.3 Å². The number of ether oxygens (including phenoxy) is 1. The molecular weight excluding hydrogens is 287 g/mol. The summed E-state index contributed by atoms with van der Waals surface area (Å²) in [5, 5.41) is 0.516. The molecule has 0 saturated heterocycles. The third-order valence-electron chi connectivity index (χ3n) is 2.68. The van der Waals surface area contributed by atoms with Crippen molar-refractivity contribution < 1.29 is 17.9 Å². The minimum atomic E-state index is -3.01. The van der Waals surface area contributed by atoms with Crippen LogP contribution in [0.3, 0.4) is 0 Å².